The lowest BCUT2D eigenvalue weighted by molar-refractivity contribution is 0.156. The number of phenols is 1. The van der Waals surface area contributed by atoms with Crippen LogP contribution in [-0.4, -0.2) is 5.11 Å². The monoisotopic (exact) mass is 278 g/mol. The summed E-state index contributed by atoms with van der Waals surface area (Å²) < 4.78 is 25.9. The molecule has 0 saturated carbocycles. The second-order valence-corrected chi connectivity index (χ2v) is 4.64. The van der Waals surface area contributed by atoms with E-state index in [1.807, 2.05) is 0 Å². The fraction of sp³-hybridized carbons (Fsp3) is 0.111. The average molecular weight is 279 g/mol. The summed E-state index contributed by atoms with van der Waals surface area (Å²) in [5.41, 5.74) is 0. The van der Waals surface area contributed by atoms with E-state index in [1.54, 1.807) is 6.07 Å². The predicted molar refractivity (Wildman–Crippen MR) is 56.1 cm³/mol. The molecule has 2 aromatic rings. The number of hydrogen-bond donors (Lipinski definition) is 1. The highest BCUT2D eigenvalue weighted by atomic mass is 79.9. The van der Waals surface area contributed by atoms with Gasteiger partial charge in [-0.3, -0.25) is 0 Å². The molecule has 14 heavy (non-hydrogen) atoms. The smallest absolute Gasteiger partial charge is 0.272 e. The maximum atomic E-state index is 12.4. The molecule has 1 aromatic carbocycles. The zero-order valence-corrected chi connectivity index (χ0v) is 9.20. The Morgan fingerprint density at radius 3 is 2.71 bits per heavy atom. The molecule has 5 heteroatoms. The molecule has 1 N–H and O–H groups in total. The van der Waals surface area contributed by atoms with Crippen molar-refractivity contribution in [2.45, 2.75) is 6.43 Å². The van der Waals surface area contributed by atoms with Crippen LogP contribution in [-0.2, 0) is 0 Å². The molecular formula is C9H5BrF2OS. The highest BCUT2D eigenvalue weighted by Gasteiger charge is 2.14. The van der Waals surface area contributed by atoms with Gasteiger partial charge in [-0.2, -0.15) is 0 Å². The molecule has 2 rings (SSSR count). The molecule has 0 saturated heterocycles. The second-order valence-electron chi connectivity index (χ2n) is 2.77. The summed E-state index contributed by atoms with van der Waals surface area (Å²) >= 11 is 4.15. The molecule has 0 unspecified atom stereocenters. The molecule has 0 amide bonds. The number of rotatable bonds is 1. The number of aromatic hydroxyl groups is 1. The summed E-state index contributed by atoms with van der Waals surface area (Å²) in [5.74, 6) is 0.0696. The fourth-order valence-corrected chi connectivity index (χ4v) is 2.74. The number of thiophene rings is 1. The molecule has 0 atom stereocenters. The van der Waals surface area contributed by atoms with Gasteiger partial charge in [0.05, 0.1) is 14.0 Å². The van der Waals surface area contributed by atoms with Gasteiger partial charge in [0.15, 0.2) is 0 Å². The molecule has 0 spiro atoms. The summed E-state index contributed by atoms with van der Waals surface area (Å²) in [7, 11) is 0. The largest absolute Gasteiger partial charge is 0.507 e. The van der Waals surface area contributed by atoms with Crippen LogP contribution in [0.4, 0.5) is 8.78 Å². The molecule has 0 radical (unpaired) electrons. The van der Waals surface area contributed by atoms with Crippen molar-refractivity contribution in [3.05, 3.63) is 27.5 Å². The number of benzene rings is 1. The Kier molecular flexibility index (Phi) is 2.45. The molecule has 0 aliphatic heterocycles. The van der Waals surface area contributed by atoms with Gasteiger partial charge in [0.2, 0.25) is 0 Å². The quantitative estimate of drug-likeness (QED) is 0.824. The zero-order valence-electron chi connectivity index (χ0n) is 6.80. The van der Waals surface area contributed by atoms with Crippen molar-refractivity contribution in [3.8, 4) is 5.75 Å². The van der Waals surface area contributed by atoms with E-state index in [0.29, 0.717) is 9.17 Å². The number of hydrogen-bond acceptors (Lipinski definition) is 2. The van der Waals surface area contributed by atoms with Gasteiger partial charge in [0.1, 0.15) is 5.75 Å². The van der Waals surface area contributed by atoms with Crippen molar-refractivity contribution in [2.75, 3.05) is 0 Å². The topological polar surface area (TPSA) is 20.2 Å². The minimum atomic E-state index is -2.46. The molecule has 1 aromatic heterocycles. The Balaban J connectivity index is 2.71. The molecule has 1 nitrogen and oxygen atoms in total. The van der Waals surface area contributed by atoms with Gasteiger partial charge in [0, 0.05) is 0 Å². The molecule has 0 aliphatic rings. The van der Waals surface area contributed by atoms with E-state index in [9.17, 15) is 13.9 Å². The van der Waals surface area contributed by atoms with Crippen LogP contribution in [0.2, 0.25) is 0 Å². The van der Waals surface area contributed by atoms with Gasteiger partial charge in [-0.15, -0.1) is 11.3 Å². The summed E-state index contributed by atoms with van der Waals surface area (Å²) in [6, 6.07) is 4.54. The third-order valence-electron chi connectivity index (χ3n) is 1.84. The fourth-order valence-electron chi connectivity index (χ4n) is 1.19. The van der Waals surface area contributed by atoms with E-state index in [1.165, 1.54) is 12.1 Å². The number of phenolic OH excluding ortho intramolecular Hbond substituents is 1. The second kappa shape index (κ2) is 3.47. The molecule has 1 heterocycles. The summed E-state index contributed by atoms with van der Waals surface area (Å²) in [6.45, 7) is 0. The third-order valence-corrected chi connectivity index (χ3v) is 4.08. The van der Waals surface area contributed by atoms with Crippen molar-refractivity contribution in [1.29, 1.82) is 0 Å². The normalized spacial score (nSPS) is 11.4. The van der Waals surface area contributed by atoms with Crippen LogP contribution in [0.25, 0.3) is 10.1 Å². The first-order chi connectivity index (χ1) is 6.59. The number of fused-ring (bicyclic) bond motifs is 1. The molecule has 0 aliphatic carbocycles. The lowest BCUT2D eigenvalue weighted by Gasteiger charge is -1.96. The van der Waals surface area contributed by atoms with Crippen molar-refractivity contribution in [2.24, 2.45) is 0 Å². The summed E-state index contributed by atoms with van der Waals surface area (Å²) in [6.07, 6.45) is -2.46. The molecule has 0 fully saturated rings. The Morgan fingerprint density at radius 1 is 1.36 bits per heavy atom. The Hall–Kier alpha value is -0.680. The lowest BCUT2D eigenvalue weighted by atomic mass is 10.2. The standard InChI is InChI=1S/C9H5BrF2OS/c10-7-5(13)2-1-4-3-6(9(11)12)14-8(4)7/h1-3,9,13H. The first-order valence-electron chi connectivity index (χ1n) is 3.78. The van der Waals surface area contributed by atoms with Gasteiger partial charge in [-0.05, 0) is 39.5 Å². The van der Waals surface area contributed by atoms with E-state index in [4.69, 9.17) is 0 Å². The first-order valence-corrected chi connectivity index (χ1v) is 5.39. The van der Waals surface area contributed by atoms with Crippen LogP contribution in [0.15, 0.2) is 22.7 Å². The first kappa shape index (κ1) is 9.86. The van der Waals surface area contributed by atoms with E-state index in [2.05, 4.69) is 15.9 Å². The van der Waals surface area contributed by atoms with Gasteiger partial charge in [-0.25, -0.2) is 8.78 Å². The SMILES string of the molecule is Oc1ccc2cc(C(F)F)sc2c1Br. The average Bonchev–Trinajstić information content (AvgIpc) is 2.56. The predicted octanol–water partition coefficient (Wildman–Crippen LogP) is 4.31. The minimum absolute atomic E-state index is 0.0197. The van der Waals surface area contributed by atoms with Gasteiger partial charge in [0.25, 0.3) is 6.43 Å². The van der Waals surface area contributed by atoms with Crippen LogP contribution >= 0.6 is 27.3 Å². The maximum Gasteiger partial charge on any atom is 0.272 e. The maximum absolute atomic E-state index is 12.4. The van der Waals surface area contributed by atoms with Crippen LogP contribution in [0.1, 0.15) is 11.3 Å². The van der Waals surface area contributed by atoms with E-state index >= 15 is 0 Å². The van der Waals surface area contributed by atoms with Crippen molar-refractivity contribution >= 4 is 37.4 Å². The van der Waals surface area contributed by atoms with Crippen molar-refractivity contribution < 1.29 is 13.9 Å². The third kappa shape index (κ3) is 1.50. The van der Waals surface area contributed by atoms with E-state index < -0.39 is 6.43 Å². The van der Waals surface area contributed by atoms with Crippen LogP contribution in [0, 0.1) is 0 Å². The van der Waals surface area contributed by atoms with Crippen LogP contribution in [0.5, 0.6) is 5.75 Å². The molecule has 74 valence electrons. The Morgan fingerprint density at radius 2 is 2.07 bits per heavy atom. The number of halogens is 3. The minimum Gasteiger partial charge on any atom is -0.507 e. The zero-order chi connectivity index (χ0) is 10.3. The number of alkyl halides is 2. The molecule has 0 bridgehead atoms. The Bertz CT molecular complexity index is 481. The highest BCUT2D eigenvalue weighted by molar-refractivity contribution is 9.10. The highest BCUT2D eigenvalue weighted by Crippen LogP contribution is 2.40. The lowest BCUT2D eigenvalue weighted by Crippen LogP contribution is -1.72. The Labute approximate surface area is 91.1 Å². The van der Waals surface area contributed by atoms with E-state index in [0.717, 1.165) is 16.7 Å². The van der Waals surface area contributed by atoms with Crippen molar-refractivity contribution in [1.82, 2.24) is 0 Å². The molecular weight excluding hydrogens is 274 g/mol. The summed E-state index contributed by atoms with van der Waals surface area (Å²) in [5, 5.41) is 10.1. The van der Waals surface area contributed by atoms with Gasteiger partial charge >= 0.3 is 0 Å². The van der Waals surface area contributed by atoms with Crippen LogP contribution in [0.3, 0.4) is 0 Å². The van der Waals surface area contributed by atoms with E-state index in [-0.39, 0.29) is 10.6 Å². The van der Waals surface area contributed by atoms with Crippen molar-refractivity contribution in [3.63, 3.8) is 0 Å². The summed E-state index contributed by atoms with van der Waals surface area (Å²) in [4.78, 5) is 0.0197. The van der Waals surface area contributed by atoms with Gasteiger partial charge < -0.3 is 5.11 Å². The van der Waals surface area contributed by atoms with Gasteiger partial charge in [-0.1, -0.05) is 0 Å². The van der Waals surface area contributed by atoms with Crippen LogP contribution < -0.4 is 0 Å².